The Hall–Kier alpha value is -0.560. The van der Waals surface area contributed by atoms with Gasteiger partial charge in [0.25, 0.3) is 10.0 Å². The van der Waals surface area contributed by atoms with Crippen LogP contribution in [0.3, 0.4) is 0 Å². The first-order valence-electron chi connectivity index (χ1n) is 6.05. The molecule has 0 saturated heterocycles. The summed E-state index contributed by atoms with van der Waals surface area (Å²) in [5.74, 6) is 0.509. The lowest BCUT2D eigenvalue weighted by atomic mass is 10.2. The van der Waals surface area contributed by atoms with Gasteiger partial charge < -0.3 is 0 Å². The zero-order valence-corrected chi connectivity index (χ0v) is 15.6. The summed E-state index contributed by atoms with van der Waals surface area (Å²) in [4.78, 5) is 0.215. The fourth-order valence-electron chi connectivity index (χ4n) is 1.72. The van der Waals surface area contributed by atoms with Gasteiger partial charge in [-0.25, -0.2) is 8.42 Å². The Morgan fingerprint density at radius 3 is 2.33 bits per heavy atom. The summed E-state index contributed by atoms with van der Waals surface area (Å²) < 4.78 is 28.8. The van der Waals surface area contributed by atoms with Gasteiger partial charge in [0.2, 0.25) is 0 Å². The number of benzene rings is 2. The zero-order valence-electron chi connectivity index (χ0n) is 10.8. The number of alkyl halides is 1. The number of anilines is 1. The van der Waals surface area contributed by atoms with Crippen LogP contribution in [-0.4, -0.2) is 14.3 Å². The van der Waals surface area contributed by atoms with E-state index in [0.717, 1.165) is 10.0 Å². The van der Waals surface area contributed by atoms with Crippen LogP contribution in [0.2, 0.25) is 0 Å². The second-order valence-electron chi connectivity index (χ2n) is 4.31. The van der Waals surface area contributed by atoms with E-state index in [9.17, 15) is 8.42 Å². The molecule has 0 radical (unpaired) electrons. The molecule has 1 N–H and O–H groups in total. The summed E-state index contributed by atoms with van der Waals surface area (Å²) in [5, 5.41) is 0. The van der Waals surface area contributed by atoms with Gasteiger partial charge in [0.05, 0.1) is 10.6 Å². The fourth-order valence-corrected chi connectivity index (χ4v) is 3.85. The van der Waals surface area contributed by atoms with Crippen molar-refractivity contribution in [1.29, 1.82) is 0 Å². The first-order valence-corrected chi connectivity index (χ1v) is 9.65. The van der Waals surface area contributed by atoms with Crippen LogP contribution in [0.1, 0.15) is 5.56 Å². The standard InChI is InChI=1S/C14H12Br2ClNO2S/c15-11-3-6-13(16)14(9-11)18-21(19,20)12-4-1-10(2-5-12)7-8-17/h1-6,9,18H,7-8H2. The van der Waals surface area contributed by atoms with Crippen LogP contribution < -0.4 is 4.72 Å². The normalized spacial score (nSPS) is 11.4. The molecule has 0 fully saturated rings. The van der Waals surface area contributed by atoms with Crippen LogP contribution >= 0.6 is 43.5 Å². The maximum absolute atomic E-state index is 12.4. The SMILES string of the molecule is O=S(=O)(Nc1cc(Br)ccc1Br)c1ccc(CCCl)cc1. The highest BCUT2D eigenvalue weighted by molar-refractivity contribution is 9.11. The monoisotopic (exact) mass is 451 g/mol. The molecule has 0 aromatic heterocycles. The van der Waals surface area contributed by atoms with Crippen LogP contribution in [0.4, 0.5) is 5.69 Å². The van der Waals surface area contributed by atoms with Crippen molar-refractivity contribution in [2.24, 2.45) is 0 Å². The third-order valence-electron chi connectivity index (χ3n) is 2.79. The number of rotatable bonds is 5. The molecular formula is C14H12Br2ClNO2S. The van der Waals surface area contributed by atoms with Gasteiger partial charge in [-0.2, -0.15) is 0 Å². The van der Waals surface area contributed by atoms with Gasteiger partial charge >= 0.3 is 0 Å². The Kier molecular flexibility index (Phi) is 5.71. The van der Waals surface area contributed by atoms with Crippen molar-refractivity contribution in [3.63, 3.8) is 0 Å². The third-order valence-corrected chi connectivity index (χ3v) is 5.54. The average molecular weight is 454 g/mol. The lowest BCUT2D eigenvalue weighted by Gasteiger charge is -2.10. The molecule has 0 atom stereocenters. The fraction of sp³-hybridized carbons (Fsp3) is 0.143. The molecule has 0 spiro atoms. The minimum absolute atomic E-state index is 0.215. The van der Waals surface area contributed by atoms with Crippen LogP contribution in [0.5, 0.6) is 0 Å². The minimum Gasteiger partial charge on any atom is -0.278 e. The van der Waals surface area contributed by atoms with Gasteiger partial charge in [-0.3, -0.25) is 4.72 Å². The second-order valence-corrected chi connectivity index (χ2v) is 8.14. The van der Waals surface area contributed by atoms with E-state index in [4.69, 9.17) is 11.6 Å². The van der Waals surface area contributed by atoms with Crippen molar-refractivity contribution in [1.82, 2.24) is 0 Å². The number of hydrogen-bond acceptors (Lipinski definition) is 2. The molecule has 0 unspecified atom stereocenters. The van der Waals surface area contributed by atoms with Crippen molar-refractivity contribution >= 4 is 59.2 Å². The maximum atomic E-state index is 12.4. The van der Waals surface area contributed by atoms with Gasteiger partial charge in [0, 0.05) is 14.8 Å². The molecule has 0 heterocycles. The first-order chi connectivity index (χ1) is 9.92. The van der Waals surface area contributed by atoms with Crippen molar-refractivity contribution in [2.45, 2.75) is 11.3 Å². The van der Waals surface area contributed by atoms with E-state index in [1.165, 1.54) is 0 Å². The van der Waals surface area contributed by atoms with Gasteiger partial charge in [-0.05, 0) is 58.2 Å². The highest BCUT2D eigenvalue weighted by Crippen LogP contribution is 2.28. The summed E-state index contributed by atoms with van der Waals surface area (Å²) in [6.45, 7) is 0. The number of nitrogens with one attached hydrogen (secondary N) is 1. The van der Waals surface area contributed by atoms with Gasteiger partial charge in [0.15, 0.2) is 0 Å². The Balaban J connectivity index is 2.27. The van der Waals surface area contributed by atoms with E-state index in [2.05, 4.69) is 36.6 Å². The van der Waals surface area contributed by atoms with E-state index in [0.29, 0.717) is 22.5 Å². The quantitative estimate of drug-likeness (QED) is 0.662. The van der Waals surface area contributed by atoms with Crippen LogP contribution in [0.25, 0.3) is 0 Å². The Bertz CT molecular complexity index is 733. The van der Waals surface area contributed by atoms with Crippen LogP contribution in [-0.2, 0) is 16.4 Å². The molecule has 0 aliphatic heterocycles. The highest BCUT2D eigenvalue weighted by atomic mass is 79.9. The van der Waals surface area contributed by atoms with E-state index in [1.807, 2.05) is 6.07 Å². The molecule has 112 valence electrons. The second kappa shape index (κ2) is 7.13. The third kappa shape index (κ3) is 4.45. The van der Waals surface area contributed by atoms with E-state index < -0.39 is 10.0 Å². The summed E-state index contributed by atoms with van der Waals surface area (Å²) >= 11 is 12.3. The Morgan fingerprint density at radius 1 is 1.05 bits per heavy atom. The first kappa shape index (κ1) is 16.8. The molecule has 3 nitrogen and oxygen atoms in total. The van der Waals surface area contributed by atoms with Crippen molar-refractivity contribution in [2.75, 3.05) is 10.6 Å². The van der Waals surface area contributed by atoms with Gasteiger partial charge in [0.1, 0.15) is 0 Å². The molecule has 0 aliphatic rings. The highest BCUT2D eigenvalue weighted by Gasteiger charge is 2.15. The molecule has 0 saturated carbocycles. The molecule has 0 bridgehead atoms. The van der Waals surface area contributed by atoms with E-state index in [1.54, 1.807) is 36.4 Å². The molecule has 21 heavy (non-hydrogen) atoms. The summed E-state index contributed by atoms with van der Waals surface area (Å²) in [7, 11) is -3.62. The van der Waals surface area contributed by atoms with Crippen molar-refractivity contribution < 1.29 is 8.42 Å². The minimum atomic E-state index is -3.62. The smallest absolute Gasteiger partial charge is 0.261 e. The topological polar surface area (TPSA) is 46.2 Å². The number of sulfonamides is 1. The van der Waals surface area contributed by atoms with E-state index >= 15 is 0 Å². The predicted molar refractivity (Wildman–Crippen MR) is 93.5 cm³/mol. The average Bonchev–Trinajstić information content (AvgIpc) is 2.44. The molecular weight excluding hydrogens is 441 g/mol. The Labute approximate surface area is 146 Å². The van der Waals surface area contributed by atoms with Crippen LogP contribution in [0, 0.1) is 0 Å². The molecule has 0 amide bonds. The number of hydrogen-bond donors (Lipinski definition) is 1. The lowest BCUT2D eigenvalue weighted by molar-refractivity contribution is 0.601. The van der Waals surface area contributed by atoms with Crippen molar-refractivity contribution in [3.05, 3.63) is 57.0 Å². The van der Waals surface area contributed by atoms with Crippen molar-refractivity contribution in [3.8, 4) is 0 Å². The summed E-state index contributed by atoms with van der Waals surface area (Å²) in [6, 6.07) is 12.0. The number of halogens is 3. The number of aryl methyl sites for hydroxylation is 1. The molecule has 2 rings (SSSR count). The van der Waals surface area contributed by atoms with E-state index in [-0.39, 0.29) is 4.90 Å². The Morgan fingerprint density at radius 2 is 1.71 bits per heavy atom. The molecule has 2 aromatic rings. The molecule has 0 aliphatic carbocycles. The predicted octanol–water partition coefficient (Wildman–Crippen LogP) is 4.79. The lowest BCUT2D eigenvalue weighted by Crippen LogP contribution is -2.13. The zero-order chi connectivity index (χ0) is 15.5. The van der Waals surface area contributed by atoms with Gasteiger partial charge in [-0.1, -0.05) is 28.1 Å². The molecule has 2 aromatic carbocycles. The molecule has 7 heteroatoms. The largest absolute Gasteiger partial charge is 0.278 e. The maximum Gasteiger partial charge on any atom is 0.261 e. The van der Waals surface area contributed by atoms with Crippen LogP contribution in [0.15, 0.2) is 56.3 Å². The van der Waals surface area contributed by atoms with Gasteiger partial charge in [-0.15, -0.1) is 11.6 Å². The summed E-state index contributed by atoms with van der Waals surface area (Å²) in [5.41, 5.74) is 1.49. The summed E-state index contributed by atoms with van der Waals surface area (Å²) in [6.07, 6.45) is 0.715.